The van der Waals surface area contributed by atoms with Crippen molar-refractivity contribution in [1.82, 2.24) is 10.3 Å². The number of pyridine rings is 1. The van der Waals surface area contributed by atoms with Gasteiger partial charge in [-0.1, -0.05) is 18.2 Å². The lowest BCUT2D eigenvalue weighted by Gasteiger charge is -2.15. The maximum Gasteiger partial charge on any atom is 0.319 e. The van der Waals surface area contributed by atoms with Crippen LogP contribution in [-0.2, 0) is 0 Å². The molecule has 1 heterocycles. The monoisotopic (exact) mass is 289 g/mol. The fraction of sp³-hybridized carbons (Fsp3) is 0.200. The lowest BCUT2D eigenvalue weighted by atomic mass is 10.3. The molecule has 0 unspecified atom stereocenters. The van der Waals surface area contributed by atoms with E-state index in [9.17, 15) is 9.18 Å². The quantitative estimate of drug-likeness (QED) is 0.889. The van der Waals surface area contributed by atoms with E-state index in [0.29, 0.717) is 6.54 Å². The standard InChI is InChI=1S/C15H16FN3O2/c1-11(21-12-5-3-2-4-6-12)9-18-15(20)19-14-7-8-17-10-13(14)16/h2-8,10-11H,9H2,1H3,(H2,17,18,19,20)/t11-/m1/s1. The van der Waals surface area contributed by atoms with Crippen LogP contribution >= 0.6 is 0 Å². The van der Waals surface area contributed by atoms with Crippen molar-refractivity contribution in [1.29, 1.82) is 0 Å². The Bertz CT molecular complexity index is 592. The summed E-state index contributed by atoms with van der Waals surface area (Å²) in [4.78, 5) is 15.3. The van der Waals surface area contributed by atoms with Crippen LogP contribution in [0.4, 0.5) is 14.9 Å². The summed E-state index contributed by atoms with van der Waals surface area (Å²) in [7, 11) is 0. The Labute approximate surface area is 122 Å². The van der Waals surface area contributed by atoms with Crippen LogP contribution in [0.25, 0.3) is 0 Å². The summed E-state index contributed by atoms with van der Waals surface area (Å²) in [6.07, 6.45) is 2.23. The van der Waals surface area contributed by atoms with E-state index in [4.69, 9.17) is 4.74 Å². The number of halogens is 1. The number of benzene rings is 1. The molecule has 1 atom stereocenters. The fourth-order valence-electron chi connectivity index (χ4n) is 1.65. The first-order chi connectivity index (χ1) is 10.1. The number of nitrogens with zero attached hydrogens (tertiary/aromatic N) is 1. The average Bonchev–Trinajstić information content (AvgIpc) is 2.49. The third-order valence-corrected chi connectivity index (χ3v) is 2.65. The van der Waals surface area contributed by atoms with Gasteiger partial charge in [-0.05, 0) is 25.1 Å². The molecule has 0 saturated carbocycles. The molecule has 1 aromatic heterocycles. The van der Waals surface area contributed by atoms with Crippen LogP contribution in [0.1, 0.15) is 6.92 Å². The Morgan fingerprint density at radius 1 is 1.33 bits per heavy atom. The topological polar surface area (TPSA) is 63.2 Å². The highest BCUT2D eigenvalue weighted by Crippen LogP contribution is 2.11. The van der Waals surface area contributed by atoms with Gasteiger partial charge in [0, 0.05) is 6.20 Å². The molecule has 0 bridgehead atoms. The van der Waals surface area contributed by atoms with Crippen molar-refractivity contribution in [2.45, 2.75) is 13.0 Å². The van der Waals surface area contributed by atoms with Gasteiger partial charge in [0.15, 0.2) is 5.82 Å². The first-order valence-corrected chi connectivity index (χ1v) is 6.51. The summed E-state index contributed by atoms with van der Waals surface area (Å²) in [5, 5.41) is 5.03. The normalized spacial score (nSPS) is 11.5. The van der Waals surface area contributed by atoms with Crippen molar-refractivity contribution < 1.29 is 13.9 Å². The molecule has 0 radical (unpaired) electrons. The Morgan fingerprint density at radius 3 is 2.81 bits per heavy atom. The number of para-hydroxylation sites is 1. The predicted molar refractivity (Wildman–Crippen MR) is 77.7 cm³/mol. The number of carbonyl (C=O) groups is 1. The Hall–Kier alpha value is -2.63. The highest BCUT2D eigenvalue weighted by Gasteiger charge is 2.09. The molecule has 6 heteroatoms. The molecule has 2 aromatic rings. The molecule has 2 rings (SSSR count). The number of anilines is 1. The van der Waals surface area contributed by atoms with Crippen molar-refractivity contribution in [3.8, 4) is 5.75 Å². The second-order valence-corrected chi connectivity index (χ2v) is 4.43. The Morgan fingerprint density at radius 2 is 2.10 bits per heavy atom. The molecular formula is C15H16FN3O2. The SMILES string of the molecule is C[C@H](CNC(=O)Nc1ccncc1F)Oc1ccccc1. The lowest BCUT2D eigenvalue weighted by molar-refractivity contribution is 0.212. The summed E-state index contributed by atoms with van der Waals surface area (Å²) in [6.45, 7) is 2.13. The zero-order valence-electron chi connectivity index (χ0n) is 11.5. The van der Waals surface area contributed by atoms with Crippen LogP contribution < -0.4 is 15.4 Å². The van der Waals surface area contributed by atoms with E-state index >= 15 is 0 Å². The minimum absolute atomic E-state index is 0.0825. The van der Waals surface area contributed by atoms with Crippen LogP contribution in [0.2, 0.25) is 0 Å². The van der Waals surface area contributed by atoms with Crippen molar-refractivity contribution in [2.24, 2.45) is 0 Å². The van der Waals surface area contributed by atoms with Crippen molar-refractivity contribution in [2.75, 3.05) is 11.9 Å². The molecular weight excluding hydrogens is 273 g/mol. The minimum atomic E-state index is -0.582. The zero-order valence-corrected chi connectivity index (χ0v) is 11.5. The van der Waals surface area contributed by atoms with E-state index in [1.807, 2.05) is 37.3 Å². The molecule has 0 aliphatic rings. The summed E-state index contributed by atoms with van der Waals surface area (Å²) in [6, 6.07) is 10.2. The second-order valence-electron chi connectivity index (χ2n) is 4.43. The third kappa shape index (κ3) is 4.76. The summed E-state index contributed by atoms with van der Waals surface area (Å²) < 4.78 is 18.9. The molecule has 0 aliphatic carbocycles. The van der Waals surface area contributed by atoms with E-state index in [1.54, 1.807) is 0 Å². The average molecular weight is 289 g/mol. The minimum Gasteiger partial charge on any atom is -0.489 e. The van der Waals surface area contributed by atoms with Crippen LogP contribution in [0.15, 0.2) is 48.8 Å². The van der Waals surface area contributed by atoms with E-state index in [-0.39, 0.29) is 11.8 Å². The Balaban J connectivity index is 1.77. The fourth-order valence-corrected chi connectivity index (χ4v) is 1.65. The van der Waals surface area contributed by atoms with Gasteiger partial charge < -0.3 is 15.4 Å². The first kappa shape index (κ1) is 14.8. The molecule has 5 nitrogen and oxygen atoms in total. The van der Waals surface area contributed by atoms with Crippen LogP contribution in [-0.4, -0.2) is 23.7 Å². The summed E-state index contributed by atoms with van der Waals surface area (Å²) >= 11 is 0. The lowest BCUT2D eigenvalue weighted by Crippen LogP contribution is -2.36. The molecule has 1 aromatic carbocycles. The van der Waals surface area contributed by atoms with Crippen molar-refractivity contribution >= 4 is 11.7 Å². The van der Waals surface area contributed by atoms with E-state index in [1.165, 1.54) is 12.3 Å². The summed E-state index contributed by atoms with van der Waals surface area (Å²) in [5.74, 6) is 0.147. The molecule has 2 amide bonds. The predicted octanol–water partition coefficient (Wildman–Crippen LogP) is 2.81. The van der Waals surface area contributed by atoms with Gasteiger partial charge in [-0.15, -0.1) is 0 Å². The number of aromatic nitrogens is 1. The highest BCUT2D eigenvalue weighted by molar-refractivity contribution is 5.89. The van der Waals surface area contributed by atoms with Gasteiger partial charge in [-0.25, -0.2) is 9.18 Å². The van der Waals surface area contributed by atoms with Crippen LogP contribution in [0, 0.1) is 5.82 Å². The van der Waals surface area contributed by atoms with Crippen LogP contribution in [0.5, 0.6) is 5.75 Å². The van der Waals surface area contributed by atoms with Crippen LogP contribution in [0.3, 0.4) is 0 Å². The molecule has 2 N–H and O–H groups in total. The van der Waals surface area contributed by atoms with Gasteiger partial charge in [0.25, 0.3) is 0 Å². The maximum atomic E-state index is 13.3. The molecule has 110 valence electrons. The number of ether oxygens (including phenoxy) is 1. The zero-order chi connectivity index (χ0) is 15.1. The van der Waals surface area contributed by atoms with Gasteiger partial charge in [-0.3, -0.25) is 4.98 Å². The number of nitrogens with one attached hydrogen (secondary N) is 2. The largest absolute Gasteiger partial charge is 0.489 e. The van der Waals surface area contributed by atoms with Gasteiger partial charge in [-0.2, -0.15) is 0 Å². The molecule has 0 fully saturated rings. The number of amides is 2. The second kappa shape index (κ2) is 7.23. The van der Waals surface area contributed by atoms with E-state index < -0.39 is 11.8 Å². The van der Waals surface area contributed by atoms with Gasteiger partial charge >= 0.3 is 6.03 Å². The highest BCUT2D eigenvalue weighted by atomic mass is 19.1. The van der Waals surface area contributed by atoms with E-state index in [0.717, 1.165) is 11.9 Å². The number of carbonyl (C=O) groups excluding carboxylic acids is 1. The maximum absolute atomic E-state index is 13.3. The van der Waals surface area contributed by atoms with E-state index in [2.05, 4.69) is 15.6 Å². The first-order valence-electron chi connectivity index (χ1n) is 6.51. The molecule has 0 saturated heterocycles. The molecule has 21 heavy (non-hydrogen) atoms. The summed E-state index contributed by atoms with van der Waals surface area (Å²) in [5.41, 5.74) is 0.0825. The molecule has 0 spiro atoms. The Kier molecular flexibility index (Phi) is 5.09. The van der Waals surface area contributed by atoms with Crippen molar-refractivity contribution in [3.63, 3.8) is 0 Å². The van der Waals surface area contributed by atoms with Gasteiger partial charge in [0.1, 0.15) is 11.9 Å². The third-order valence-electron chi connectivity index (χ3n) is 2.65. The van der Waals surface area contributed by atoms with Crippen molar-refractivity contribution in [3.05, 3.63) is 54.6 Å². The van der Waals surface area contributed by atoms with Gasteiger partial charge in [0.05, 0.1) is 18.4 Å². The number of rotatable bonds is 5. The smallest absolute Gasteiger partial charge is 0.319 e. The van der Waals surface area contributed by atoms with Gasteiger partial charge in [0.2, 0.25) is 0 Å². The molecule has 0 aliphatic heterocycles. The number of hydrogen-bond acceptors (Lipinski definition) is 3. The number of urea groups is 1. The number of hydrogen-bond donors (Lipinski definition) is 2.